The number of benzene rings is 2. The van der Waals surface area contributed by atoms with Crippen LogP contribution in [0.2, 0.25) is 10.0 Å². The van der Waals surface area contributed by atoms with Crippen molar-refractivity contribution in [3.05, 3.63) is 50.7 Å². The zero-order chi connectivity index (χ0) is 13.3. The van der Waals surface area contributed by atoms with Crippen LogP contribution in [0, 0.1) is 5.82 Å². The number of rotatable bonds is 2. The van der Waals surface area contributed by atoms with E-state index in [1.165, 1.54) is 6.07 Å². The first-order chi connectivity index (χ1) is 8.47. The molecule has 0 fully saturated rings. The smallest absolute Gasteiger partial charge is 0.152 e. The van der Waals surface area contributed by atoms with Crippen LogP contribution in [0.25, 0.3) is 0 Å². The number of ether oxygens (including phenoxy) is 1. The van der Waals surface area contributed by atoms with Crippen LogP contribution < -0.4 is 10.5 Å². The van der Waals surface area contributed by atoms with E-state index < -0.39 is 5.82 Å². The minimum Gasteiger partial charge on any atom is -0.454 e. The van der Waals surface area contributed by atoms with E-state index in [1.54, 1.807) is 18.2 Å². The molecule has 0 aromatic heterocycles. The molecule has 0 saturated carbocycles. The molecule has 0 atom stereocenters. The third-order valence-electron chi connectivity index (χ3n) is 2.17. The van der Waals surface area contributed by atoms with Gasteiger partial charge < -0.3 is 10.5 Å². The van der Waals surface area contributed by atoms with Gasteiger partial charge in [0.15, 0.2) is 5.75 Å². The SMILES string of the molecule is Nc1cc(F)c(Cl)cc1Oc1ccc(Br)cc1Cl. The predicted molar refractivity (Wildman–Crippen MR) is 75.0 cm³/mol. The van der Waals surface area contributed by atoms with Crippen molar-refractivity contribution in [2.75, 3.05) is 5.73 Å². The maximum absolute atomic E-state index is 13.1. The Bertz CT molecular complexity index is 607. The maximum Gasteiger partial charge on any atom is 0.152 e. The summed E-state index contributed by atoms with van der Waals surface area (Å²) in [7, 11) is 0. The fraction of sp³-hybridized carbons (Fsp3) is 0. The van der Waals surface area contributed by atoms with E-state index in [2.05, 4.69) is 15.9 Å². The van der Waals surface area contributed by atoms with Crippen LogP contribution in [0.4, 0.5) is 10.1 Å². The highest BCUT2D eigenvalue weighted by Crippen LogP contribution is 2.36. The van der Waals surface area contributed by atoms with Crippen LogP contribution in [0.1, 0.15) is 0 Å². The molecule has 0 spiro atoms. The van der Waals surface area contributed by atoms with Crippen LogP contribution in [0.3, 0.4) is 0 Å². The molecule has 0 unspecified atom stereocenters. The molecule has 0 amide bonds. The van der Waals surface area contributed by atoms with E-state index in [4.69, 9.17) is 33.7 Å². The van der Waals surface area contributed by atoms with Gasteiger partial charge in [-0.2, -0.15) is 0 Å². The molecule has 18 heavy (non-hydrogen) atoms. The summed E-state index contributed by atoms with van der Waals surface area (Å²) < 4.78 is 19.5. The second-order valence-electron chi connectivity index (χ2n) is 3.48. The summed E-state index contributed by atoms with van der Waals surface area (Å²) in [6.07, 6.45) is 0. The van der Waals surface area contributed by atoms with Gasteiger partial charge in [0, 0.05) is 16.6 Å². The Morgan fingerprint density at radius 2 is 1.78 bits per heavy atom. The lowest BCUT2D eigenvalue weighted by molar-refractivity contribution is 0.483. The first-order valence-corrected chi connectivity index (χ1v) is 6.39. The number of halogens is 4. The molecule has 0 bridgehead atoms. The van der Waals surface area contributed by atoms with Crippen LogP contribution in [0.5, 0.6) is 11.5 Å². The molecule has 2 rings (SSSR count). The maximum atomic E-state index is 13.1. The summed E-state index contributed by atoms with van der Waals surface area (Å²) in [5.41, 5.74) is 5.79. The van der Waals surface area contributed by atoms with E-state index in [-0.39, 0.29) is 16.5 Å². The van der Waals surface area contributed by atoms with Crippen molar-refractivity contribution in [1.82, 2.24) is 0 Å². The lowest BCUT2D eigenvalue weighted by Crippen LogP contribution is -1.94. The number of anilines is 1. The van der Waals surface area contributed by atoms with Gasteiger partial charge in [-0.3, -0.25) is 0 Å². The van der Waals surface area contributed by atoms with E-state index in [9.17, 15) is 4.39 Å². The first-order valence-electron chi connectivity index (χ1n) is 4.85. The minimum atomic E-state index is -0.594. The largest absolute Gasteiger partial charge is 0.454 e. The van der Waals surface area contributed by atoms with Crippen molar-refractivity contribution < 1.29 is 9.13 Å². The number of hydrogen-bond donors (Lipinski definition) is 1. The Kier molecular flexibility index (Phi) is 4.00. The van der Waals surface area contributed by atoms with Crippen LogP contribution in [-0.2, 0) is 0 Å². The Morgan fingerprint density at radius 3 is 2.44 bits per heavy atom. The van der Waals surface area contributed by atoms with Crippen molar-refractivity contribution >= 4 is 44.8 Å². The van der Waals surface area contributed by atoms with Crippen LogP contribution in [-0.4, -0.2) is 0 Å². The van der Waals surface area contributed by atoms with Gasteiger partial charge in [0.2, 0.25) is 0 Å². The molecule has 0 saturated heterocycles. The van der Waals surface area contributed by atoms with Gasteiger partial charge in [0.1, 0.15) is 11.6 Å². The summed E-state index contributed by atoms with van der Waals surface area (Å²) in [6.45, 7) is 0. The third-order valence-corrected chi connectivity index (χ3v) is 3.24. The van der Waals surface area contributed by atoms with Crippen molar-refractivity contribution in [3.8, 4) is 11.5 Å². The fourth-order valence-corrected chi connectivity index (χ4v) is 2.17. The average Bonchev–Trinajstić information content (AvgIpc) is 2.29. The number of hydrogen-bond acceptors (Lipinski definition) is 2. The molecule has 0 aliphatic rings. The predicted octanol–water partition coefficient (Wildman–Crippen LogP) is 5.27. The zero-order valence-corrected chi connectivity index (χ0v) is 12.0. The van der Waals surface area contributed by atoms with Crippen molar-refractivity contribution in [2.24, 2.45) is 0 Å². The molecule has 2 N–H and O–H groups in total. The Balaban J connectivity index is 2.37. The first kappa shape index (κ1) is 13.5. The topological polar surface area (TPSA) is 35.2 Å². The molecule has 2 aromatic rings. The molecule has 94 valence electrons. The molecule has 2 nitrogen and oxygen atoms in total. The summed E-state index contributed by atoms with van der Waals surface area (Å²) in [5.74, 6) is 0.0725. The summed E-state index contributed by atoms with van der Waals surface area (Å²) in [4.78, 5) is 0. The molecule has 0 aliphatic carbocycles. The lowest BCUT2D eigenvalue weighted by atomic mass is 10.3. The zero-order valence-electron chi connectivity index (χ0n) is 8.88. The summed E-state index contributed by atoms with van der Waals surface area (Å²) in [5, 5.41) is 0.344. The van der Waals surface area contributed by atoms with Gasteiger partial charge in [-0.25, -0.2) is 4.39 Å². The van der Waals surface area contributed by atoms with Gasteiger partial charge in [0.25, 0.3) is 0 Å². The molecular formula is C12H7BrCl2FNO. The van der Waals surface area contributed by atoms with Crippen molar-refractivity contribution in [2.45, 2.75) is 0 Å². The van der Waals surface area contributed by atoms with Gasteiger partial charge in [0.05, 0.1) is 15.7 Å². The molecular weight excluding hydrogens is 344 g/mol. The quantitative estimate of drug-likeness (QED) is 0.749. The highest BCUT2D eigenvalue weighted by Gasteiger charge is 2.10. The second kappa shape index (κ2) is 5.34. The van der Waals surface area contributed by atoms with Gasteiger partial charge in [-0.1, -0.05) is 39.1 Å². The van der Waals surface area contributed by atoms with Crippen molar-refractivity contribution in [3.63, 3.8) is 0 Å². The molecule has 6 heteroatoms. The van der Waals surface area contributed by atoms with E-state index in [0.29, 0.717) is 10.8 Å². The average molecular weight is 351 g/mol. The van der Waals surface area contributed by atoms with Crippen LogP contribution in [0.15, 0.2) is 34.8 Å². The number of nitrogens with two attached hydrogens (primary N) is 1. The Labute approximate surface area is 122 Å². The van der Waals surface area contributed by atoms with E-state index in [1.807, 2.05) is 0 Å². The second-order valence-corrected chi connectivity index (χ2v) is 5.21. The molecule has 0 radical (unpaired) electrons. The van der Waals surface area contributed by atoms with Gasteiger partial charge in [-0.05, 0) is 18.2 Å². The number of nitrogen functional groups attached to an aromatic ring is 1. The standard InChI is InChI=1S/C12H7BrCl2FNO/c13-6-1-2-11(8(15)3-6)18-12-4-7(14)9(16)5-10(12)17/h1-5H,17H2. The van der Waals surface area contributed by atoms with Gasteiger partial charge >= 0.3 is 0 Å². The normalized spacial score (nSPS) is 10.4. The summed E-state index contributed by atoms with van der Waals surface area (Å²) in [6, 6.07) is 7.53. The van der Waals surface area contributed by atoms with Crippen LogP contribution >= 0.6 is 39.1 Å². The minimum absolute atomic E-state index is 0.0626. The summed E-state index contributed by atoms with van der Waals surface area (Å²) >= 11 is 14.9. The highest BCUT2D eigenvalue weighted by atomic mass is 79.9. The molecule has 0 aliphatic heterocycles. The highest BCUT2D eigenvalue weighted by molar-refractivity contribution is 9.10. The lowest BCUT2D eigenvalue weighted by Gasteiger charge is -2.10. The third kappa shape index (κ3) is 2.88. The monoisotopic (exact) mass is 349 g/mol. The fourth-order valence-electron chi connectivity index (χ4n) is 1.31. The molecule has 0 heterocycles. The van der Waals surface area contributed by atoms with E-state index >= 15 is 0 Å². The molecule has 2 aromatic carbocycles. The Hall–Kier alpha value is -0.970. The Morgan fingerprint density at radius 1 is 1.06 bits per heavy atom. The van der Waals surface area contributed by atoms with Crippen molar-refractivity contribution in [1.29, 1.82) is 0 Å². The van der Waals surface area contributed by atoms with Gasteiger partial charge in [-0.15, -0.1) is 0 Å². The van der Waals surface area contributed by atoms with E-state index in [0.717, 1.165) is 10.5 Å².